The highest BCUT2D eigenvalue weighted by Crippen LogP contribution is 2.28. The van der Waals surface area contributed by atoms with Gasteiger partial charge in [-0.15, -0.1) is 0 Å². The molecule has 1 aromatic heterocycles. The second-order valence-electron chi connectivity index (χ2n) is 5.03. The fraction of sp³-hybridized carbons (Fsp3) is 0.250. The first-order valence-corrected chi connectivity index (χ1v) is 6.88. The van der Waals surface area contributed by atoms with Gasteiger partial charge in [0, 0.05) is 30.7 Å². The van der Waals surface area contributed by atoms with Crippen LogP contribution in [-0.2, 0) is 12.3 Å². The number of anilines is 1. The molecule has 0 atom stereocenters. The lowest BCUT2D eigenvalue weighted by Crippen LogP contribution is -2.13. The molecule has 0 bridgehead atoms. The second-order valence-corrected chi connectivity index (χ2v) is 5.03. The van der Waals surface area contributed by atoms with E-state index in [1.54, 1.807) is 6.92 Å². The Bertz CT molecular complexity index is 747. The molecule has 0 saturated carbocycles. The number of halogens is 2. The van der Waals surface area contributed by atoms with Crippen LogP contribution in [0.2, 0.25) is 0 Å². The van der Waals surface area contributed by atoms with Gasteiger partial charge in [0.15, 0.2) is 5.76 Å². The molecule has 0 fully saturated rings. The number of hydrogen-bond donors (Lipinski definition) is 2. The molecule has 0 aliphatic carbocycles. The number of alkyl halides is 2. The van der Waals surface area contributed by atoms with Crippen LogP contribution in [-0.4, -0.2) is 17.0 Å². The average Bonchev–Trinajstić information content (AvgIpc) is 2.91. The van der Waals surface area contributed by atoms with Crippen LogP contribution in [0.1, 0.15) is 46.1 Å². The number of carboxylic acids is 1. The molecule has 1 amide bonds. The van der Waals surface area contributed by atoms with E-state index in [2.05, 4.69) is 5.32 Å². The van der Waals surface area contributed by atoms with Crippen molar-refractivity contribution in [3.63, 3.8) is 0 Å². The fourth-order valence-electron chi connectivity index (χ4n) is 2.05. The molecule has 2 N–H and O–H groups in total. The SMILES string of the molecule is CCc1oc(C(=O)Nc2cccc(C(C)(F)F)c2)cc1C(=O)O. The minimum Gasteiger partial charge on any atom is -0.478 e. The van der Waals surface area contributed by atoms with Crippen LogP contribution < -0.4 is 5.32 Å². The number of benzene rings is 1. The molecule has 122 valence electrons. The van der Waals surface area contributed by atoms with Gasteiger partial charge in [0.1, 0.15) is 11.3 Å². The van der Waals surface area contributed by atoms with Gasteiger partial charge in [-0.3, -0.25) is 4.79 Å². The van der Waals surface area contributed by atoms with E-state index in [0.717, 1.165) is 19.1 Å². The average molecular weight is 323 g/mol. The van der Waals surface area contributed by atoms with Crippen LogP contribution in [0.25, 0.3) is 0 Å². The summed E-state index contributed by atoms with van der Waals surface area (Å²) in [4.78, 5) is 23.1. The lowest BCUT2D eigenvalue weighted by molar-refractivity contribution is 0.0175. The van der Waals surface area contributed by atoms with Gasteiger partial charge in [0.25, 0.3) is 11.8 Å². The molecular formula is C16H15F2NO4. The summed E-state index contributed by atoms with van der Waals surface area (Å²) in [6.07, 6.45) is 0.312. The Kier molecular flexibility index (Phi) is 4.49. The zero-order valence-corrected chi connectivity index (χ0v) is 12.5. The van der Waals surface area contributed by atoms with Gasteiger partial charge in [-0.2, -0.15) is 0 Å². The molecule has 0 aliphatic rings. The van der Waals surface area contributed by atoms with Gasteiger partial charge >= 0.3 is 5.97 Å². The van der Waals surface area contributed by atoms with E-state index in [4.69, 9.17) is 9.52 Å². The quantitative estimate of drug-likeness (QED) is 0.874. The minimum atomic E-state index is -3.03. The van der Waals surface area contributed by atoms with Crippen molar-refractivity contribution in [2.24, 2.45) is 0 Å². The predicted octanol–water partition coefficient (Wildman–Crippen LogP) is 3.90. The molecule has 2 aromatic rings. The predicted molar refractivity (Wildman–Crippen MR) is 79.0 cm³/mol. The first-order chi connectivity index (χ1) is 10.7. The largest absolute Gasteiger partial charge is 0.478 e. The summed E-state index contributed by atoms with van der Waals surface area (Å²) in [5.41, 5.74) is -0.165. The Morgan fingerprint density at radius 2 is 2.00 bits per heavy atom. The Balaban J connectivity index is 2.24. The summed E-state index contributed by atoms with van der Waals surface area (Å²) < 4.78 is 31.8. The summed E-state index contributed by atoms with van der Waals surface area (Å²) in [7, 11) is 0. The lowest BCUT2D eigenvalue weighted by Gasteiger charge is -2.12. The first kappa shape index (κ1) is 16.7. The molecule has 0 radical (unpaired) electrons. The Hall–Kier alpha value is -2.70. The van der Waals surface area contributed by atoms with Gasteiger partial charge in [-0.1, -0.05) is 19.1 Å². The van der Waals surface area contributed by atoms with Crippen molar-refractivity contribution in [2.75, 3.05) is 5.32 Å². The normalized spacial score (nSPS) is 11.3. The molecule has 0 spiro atoms. The Morgan fingerprint density at radius 3 is 2.52 bits per heavy atom. The van der Waals surface area contributed by atoms with E-state index < -0.39 is 17.8 Å². The number of rotatable bonds is 5. The number of aryl methyl sites for hydroxylation is 1. The summed E-state index contributed by atoms with van der Waals surface area (Å²) in [6.45, 7) is 2.45. The van der Waals surface area contributed by atoms with E-state index in [0.29, 0.717) is 6.42 Å². The van der Waals surface area contributed by atoms with Gasteiger partial charge in [0.2, 0.25) is 0 Å². The summed E-state index contributed by atoms with van der Waals surface area (Å²) in [5.74, 6) is -4.94. The molecule has 0 saturated heterocycles. The zero-order chi connectivity index (χ0) is 17.2. The van der Waals surface area contributed by atoms with Crippen molar-refractivity contribution in [3.05, 3.63) is 53.0 Å². The molecule has 1 aromatic carbocycles. The van der Waals surface area contributed by atoms with Crippen molar-refractivity contribution in [3.8, 4) is 0 Å². The van der Waals surface area contributed by atoms with Crippen molar-refractivity contribution in [2.45, 2.75) is 26.2 Å². The number of carbonyl (C=O) groups excluding carboxylic acids is 1. The van der Waals surface area contributed by atoms with E-state index >= 15 is 0 Å². The second kappa shape index (κ2) is 6.20. The Morgan fingerprint density at radius 1 is 1.30 bits per heavy atom. The van der Waals surface area contributed by atoms with Crippen LogP contribution in [0.3, 0.4) is 0 Å². The molecule has 1 heterocycles. The van der Waals surface area contributed by atoms with Gasteiger partial charge in [0.05, 0.1) is 0 Å². The summed E-state index contributed by atoms with van der Waals surface area (Å²) in [5, 5.41) is 11.4. The maximum absolute atomic E-state index is 13.3. The lowest BCUT2D eigenvalue weighted by atomic mass is 10.1. The molecule has 0 unspecified atom stereocenters. The van der Waals surface area contributed by atoms with Crippen LogP contribution in [0.15, 0.2) is 34.7 Å². The minimum absolute atomic E-state index is 0.0912. The van der Waals surface area contributed by atoms with Crippen LogP contribution >= 0.6 is 0 Å². The van der Waals surface area contributed by atoms with Crippen molar-refractivity contribution >= 4 is 17.6 Å². The maximum Gasteiger partial charge on any atom is 0.339 e. The van der Waals surface area contributed by atoms with Gasteiger partial charge in [-0.05, 0) is 12.1 Å². The number of nitrogens with one attached hydrogen (secondary N) is 1. The van der Waals surface area contributed by atoms with Crippen molar-refractivity contribution in [1.29, 1.82) is 0 Å². The fourth-order valence-corrected chi connectivity index (χ4v) is 2.05. The number of furan rings is 1. The van der Waals surface area contributed by atoms with Crippen LogP contribution in [0.5, 0.6) is 0 Å². The van der Waals surface area contributed by atoms with E-state index in [9.17, 15) is 18.4 Å². The molecule has 5 nitrogen and oxygen atoms in total. The van der Waals surface area contributed by atoms with Gasteiger partial charge < -0.3 is 14.8 Å². The van der Waals surface area contributed by atoms with Crippen LogP contribution in [0, 0.1) is 0 Å². The number of carboxylic acid groups (broad SMARTS) is 1. The molecule has 2 rings (SSSR count). The third kappa shape index (κ3) is 3.74. The third-order valence-electron chi connectivity index (χ3n) is 3.21. The highest BCUT2D eigenvalue weighted by molar-refractivity contribution is 6.04. The first-order valence-electron chi connectivity index (χ1n) is 6.88. The van der Waals surface area contributed by atoms with Crippen LogP contribution in [0.4, 0.5) is 14.5 Å². The number of hydrogen-bond acceptors (Lipinski definition) is 3. The monoisotopic (exact) mass is 323 g/mol. The maximum atomic E-state index is 13.3. The van der Waals surface area contributed by atoms with E-state index in [-0.39, 0.29) is 28.3 Å². The van der Waals surface area contributed by atoms with Gasteiger partial charge in [-0.25, -0.2) is 13.6 Å². The summed E-state index contributed by atoms with van der Waals surface area (Å²) >= 11 is 0. The topological polar surface area (TPSA) is 79.5 Å². The molecule has 23 heavy (non-hydrogen) atoms. The number of amides is 1. The van der Waals surface area contributed by atoms with E-state index in [1.165, 1.54) is 18.2 Å². The number of carbonyl (C=O) groups is 2. The summed E-state index contributed by atoms with van der Waals surface area (Å²) in [6, 6.07) is 6.37. The Labute approximate surface area is 130 Å². The van der Waals surface area contributed by atoms with Crippen molar-refractivity contribution in [1.82, 2.24) is 0 Å². The molecule has 0 aliphatic heterocycles. The third-order valence-corrected chi connectivity index (χ3v) is 3.21. The number of aromatic carboxylic acids is 1. The standard InChI is InChI=1S/C16H15F2NO4/c1-3-12-11(15(21)22)8-13(23-12)14(20)19-10-6-4-5-9(7-10)16(2,17)18/h4-8H,3H2,1-2H3,(H,19,20)(H,21,22). The highest BCUT2D eigenvalue weighted by Gasteiger charge is 2.25. The smallest absolute Gasteiger partial charge is 0.339 e. The van der Waals surface area contributed by atoms with Crippen molar-refractivity contribution < 1.29 is 27.9 Å². The zero-order valence-electron chi connectivity index (χ0n) is 12.5. The highest BCUT2D eigenvalue weighted by atomic mass is 19.3. The molecular weight excluding hydrogens is 308 g/mol. The molecule has 7 heteroatoms. The van der Waals surface area contributed by atoms with E-state index in [1.807, 2.05) is 0 Å².